The van der Waals surface area contributed by atoms with Crippen LogP contribution >= 0.6 is 23.4 Å². The van der Waals surface area contributed by atoms with Crippen molar-refractivity contribution in [3.05, 3.63) is 88.7 Å². The molecule has 172 valence electrons. The molecule has 0 fully saturated rings. The summed E-state index contributed by atoms with van der Waals surface area (Å²) in [5.41, 5.74) is -2.11. The number of rotatable bonds is 6. The Morgan fingerprint density at radius 2 is 1.64 bits per heavy atom. The van der Waals surface area contributed by atoms with Crippen molar-refractivity contribution in [2.75, 3.05) is 10.6 Å². The zero-order valence-corrected chi connectivity index (χ0v) is 18.6. The standard InChI is InChI=1S/C23H17ClF4N2O2S/c1-13(33-16-9-6-14(24)7-10-16)21(31)30-20-11-8-15(12-18(20)23(26,27)28)29-22(32)17-4-2-3-5-19(17)25/h2-13H,1H3,(H,29,32)(H,30,31). The topological polar surface area (TPSA) is 58.2 Å². The SMILES string of the molecule is CC(Sc1ccc(Cl)cc1)C(=O)Nc1ccc(NC(=O)c2ccccc2F)cc1C(F)(F)F. The predicted octanol–water partition coefficient (Wildman–Crippen LogP) is 6.87. The van der Waals surface area contributed by atoms with Gasteiger partial charge in [0, 0.05) is 15.6 Å². The first-order valence-corrected chi connectivity index (χ1v) is 10.8. The highest BCUT2D eigenvalue weighted by Crippen LogP contribution is 2.37. The van der Waals surface area contributed by atoms with E-state index in [9.17, 15) is 27.2 Å². The van der Waals surface area contributed by atoms with E-state index < -0.39 is 40.3 Å². The highest BCUT2D eigenvalue weighted by molar-refractivity contribution is 8.00. The van der Waals surface area contributed by atoms with Gasteiger partial charge in [0.25, 0.3) is 5.91 Å². The van der Waals surface area contributed by atoms with Crippen LogP contribution in [0.3, 0.4) is 0 Å². The molecule has 33 heavy (non-hydrogen) atoms. The maximum absolute atomic E-state index is 13.8. The average molecular weight is 497 g/mol. The molecule has 1 unspecified atom stereocenters. The van der Waals surface area contributed by atoms with Gasteiger partial charge in [-0.15, -0.1) is 11.8 Å². The lowest BCUT2D eigenvalue weighted by molar-refractivity contribution is -0.136. The number of hydrogen-bond donors (Lipinski definition) is 2. The van der Waals surface area contributed by atoms with Crippen molar-refractivity contribution in [2.45, 2.75) is 23.2 Å². The summed E-state index contributed by atoms with van der Waals surface area (Å²) in [5, 5.41) is 4.36. The largest absolute Gasteiger partial charge is 0.418 e. The molecule has 0 radical (unpaired) electrons. The van der Waals surface area contributed by atoms with Gasteiger partial charge in [-0.05, 0) is 61.5 Å². The third-order valence-corrected chi connectivity index (χ3v) is 5.82. The number of benzene rings is 3. The third kappa shape index (κ3) is 6.49. The van der Waals surface area contributed by atoms with Gasteiger partial charge in [0.05, 0.1) is 22.1 Å². The number of carbonyl (C=O) groups is 2. The monoisotopic (exact) mass is 496 g/mol. The van der Waals surface area contributed by atoms with Crippen LogP contribution in [0.15, 0.2) is 71.6 Å². The van der Waals surface area contributed by atoms with Crippen molar-refractivity contribution in [1.29, 1.82) is 0 Å². The molecule has 0 heterocycles. The fraction of sp³-hybridized carbons (Fsp3) is 0.130. The number of anilines is 2. The molecule has 3 aromatic rings. The predicted molar refractivity (Wildman–Crippen MR) is 121 cm³/mol. The first kappa shape index (κ1) is 24.6. The summed E-state index contributed by atoms with van der Waals surface area (Å²) in [4.78, 5) is 25.5. The van der Waals surface area contributed by atoms with Gasteiger partial charge in [0.2, 0.25) is 5.91 Å². The van der Waals surface area contributed by atoms with E-state index in [-0.39, 0.29) is 11.3 Å². The summed E-state index contributed by atoms with van der Waals surface area (Å²) in [6.45, 7) is 1.56. The quantitative estimate of drug-likeness (QED) is 0.289. The molecule has 3 aromatic carbocycles. The number of carbonyl (C=O) groups excluding carboxylic acids is 2. The molecule has 0 spiro atoms. The molecule has 0 aromatic heterocycles. The minimum Gasteiger partial charge on any atom is -0.325 e. The summed E-state index contributed by atoms with van der Waals surface area (Å²) >= 11 is 6.98. The van der Waals surface area contributed by atoms with Gasteiger partial charge in [-0.2, -0.15) is 13.2 Å². The summed E-state index contributed by atoms with van der Waals surface area (Å²) in [6.07, 6.45) is -4.81. The van der Waals surface area contributed by atoms with Gasteiger partial charge >= 0.3 is 6.18 Å². The molecular weight excluding hydrogens is 480 g/mol. The van der Waals surface area contributed by atoms with Crippen LogP contribution < -0.4 is 10.6 Å². The normalized spacial score (nSPS) is 12.2. The highest BCUT2D eigenvalue weighted by atomic mass is 35.5. The van der Waals surface area contributed by atoms with Gasteiger partial charge in [-0.1, -0.05) is 23.7 Å². The zero-order chi connectivity index (χ0) is 24.2. The van der Waals surface area contributed by atoms with Crippen molar-refractivity contribution in [1.82, 2.24) is 0 Å². The summed E-state index contributed by atoms with van der Waals surface area (Å²) < 4.78 is 54.7. The molecule has 0 aliphatic heterocycles. The Bertz CT molecular complexity index is 1170. The van der Waals surface area contributed by atoms with Crippen molar-refractivity contribution >= 4 is 46.6 Å². The maximum atomic E-state index is 13.8. The van der Waals surface area contributed by atoms with E-state index in [4.69, 9.17) is 11.6 Å². The fourth-order valence-corrected chi connectivity index (χ4v) is 3.81. The summed E-state index contributed by atoms with van der Waals surface area (Å²) in [7, 11) is 0. The Hall–Kier alpha value is -3.04. The molecule has 0 aliphatic carbocycles. The Balaban J connectivity index is 1.77. The molecule has 0 aliphatic rings. The molecule has 0 saturated heterocycles. The summed E-state index contributed by atoms with van der Waals surface area (Å²) in [5.74, 6) is -2.34. The molecule has 2 amide bonds. The number of alkyl halides is 3. The minimum absolute atomic E-state index is 0.197. The van der Waals surface area contributed by atoms with Crippen molar-refractivity contribution in [2.24, 2.45) is 0 Å². The van der Waals surface area contributed by atoms with Crippen LogP contribution in [0.4, 0.5) is 28.9 Å². The van der Waals surface area contributed by atoms with E-state index in [0.717, 1.165) is 28.8 Å². The second kappa shape index (κ2) is 10.3. The lowest BCUT2D eigenvalue weighted by atomic mass is 10.1. The molecule has 10 heteroatoms. The molecule has 0 bridgehead atoms. The van der Waals surface area contributed by atoms with E-state index in [0.29, 0.717) is 11.1 Å². The Morgan fingerprint density at radius 1 is 0.970 bits per heavy atom. The van der Waals surface area contributed by atoms with Crippen LogP contribution in [0, 0.1) is 5.82 Å². The number of thioether (sulfide) groups is 1. The van der Waals surface area contributed by atoms with Gasteiger partial charge in [0.1, 0.15) is 5.82 Å². The van der Waals surface area contributed by atoms with Crippen LogP contribution in [0.2, 0.25) is 5.02 Å². The lowest BCUT2D eigenvalue weighted by Crippen LogP contribution is -2.24. The van der Waals surface area contributed by atoms with E-state index in [1.165, 1.54) is 24.3 Å². The fourth-order valence-electron chi connectivity index (χ4n) is 2.81. The minimum atomic E-state index is -4.81. The van der Waals surface area contributed by atoms with Crippen LogP contribution in [-0.4, -0.2) is 17.1 Å². The molecule has 1 atom stereocenters. The number of amides is 2. The molecule has 3 rings (SSSR count). The van der Waals surface area contributed by atoms with Crippen LogP contribution in [0.1, 0.15) is 22.8 Å². The number of halogens is 5. The maximum Gasteiger partial charge on any atom is 0.418 e. The Labute approximate surface area is 196 Å². The van der Waals surface area contributed by atoms with Gasteiger partial charge < -0.3 is 10.6 Å². The second-order valence-electron chi connectivity index (χ2n) is 6.90. The number of nitrogens with one attached hydrogen (secondary N) is 2. The smallest absolute Gasteiger partial charge is 0.325 e. The van der Waals surface area contributed by atoms with E-state index in [1.54, 1.807) is 31.2 Å². The molecule has 0 saturated carbocycles. The van der Waals surface area contributed by atoms with E-state index in [1.807, 2.05) is 0 Å². The molecular formula is C23H17ClF4N2O2S. The second-order valence-corrected chi connectivity index (χ2v) is 8.75. The van der Waals surface area contributed by atoms with Crippen molar-refractivity contribution < 1.29 is 27.2 Å². The molecule has 4 nitrogen and oxygen atoms in total. The lowest BCUT2D eigenvalue weighted by Gasteiger charge is -2.18. The third-order valence-electron chi connectivity index (χ3n) is 4.45. The van der Waals surface area contributed by atoms with E-state index >= 15 is 0 Å². The molecule has 2 N–H and O–H groups in total. The zero-order valence-electron chi connectivity index (χ0n) is 17.0. The summed E-state index contributed by atoms with van der Waals surface area (Å²) in [6, 6.07) is 14.7. The average Bonchev–Trinajstić information content (AvgIpc) is 2.75. The van der Waals surface area contributed by atoms with Crippen LogP contribution in [0.5, 0.6) is 0 Å². The van der Waals surface area contributed by atoms with Gasteiger partial charge in [-0.3, -0.25) is 9.59 Å². The first-order valence-electron chi connectivity index (χ1n) is 9.55. The van der Waals surface area contributed by atoms with Crippen molar-refractivity contribution in [3.63, 3.8) is 0 Å². The van der Waals surface area contributed by atoms with Crippen LogP contribution in [-0.2, 0) is 11.0 Å². The van der Waals surface area contributed by atoms with Gasteiger partial charge in [-0.25, -0.2) is 4.39 Å². The highest BCUT2D eigenvalue weighted by Gasteiger charge is 2.35. The number of hydrogen-bond acceptors (Lipinski definition) is 3. The van der Waals surface area contributed by atoms with Crippen molar-refractivity contribution in [3.8, 4) is 0 Å². The van der Waals surface area contributed by atoms with Gasteiger partial charge in [0.15, 0.2) is 0 Å². The first-order chi connectivity index (χ1) is 15.5. The Kier molecular flexibility index (Phi) is 7.65. The Morgan fingerprint density at radius 3 is 2.27 bits per heavy atom. The van der Waals surface area contributed by atoms with E-state index in [2.05, 4.69) is 10.6 Å². The van der Waals surface area contributed by atoms with Crippen LogP contribution in [0.25, 0.3) is 0 Å².